The molecule has 0 radical (unpaired) electrons. The molecule has 1 N–H and O–H groups in total. The molecule has 0 unspecified atom stereocenters. The first-order valence-electron chi connectivity index (χ1n) is 6.77. The van der Waals surface area contributed by atoms with E-state index in [0.717, 1.165) is 4.90 Å². The molecule has 0 fully saturated rings. The van der Waals surface area contributed by atoms with E-state index in [2.05, 4.69) is 0 Å². The Morgan fingerprint density at radius 3 is 2.14 bits per heavy atom. The fourth-order valence-corrected chi connectivity index (χ4v) is 2.64. The van der Waals surface area contributed by atoms with Crippen molar-refractivity contribution in [3.63, 3.8) is 0 Å². The molecule has 22 heavy (non-hydrogen) atoms. The van der Waals surface area contributed by atoms with E-state index in [1.807, 2.05) is 0 Å². The van der Waals surface area contributed by atoms with Crippen molar-refractivity contribution in [3.05, 3.63) is 70.3 Å². The number of nitrogens with zero attached hydrogens (tertiary/aromatic N) is 1. The highest BCUT2D eigenvalue weighted by molar-refractivity contribution is 6.21. The summed E-state index contributed by atoms with van der Waals surface area (Å²) in [6, 6.07) is 11.5. The topological polar surface area (TPSA) is 74.7 Å². The Morgan fingerprint density at radius 1 is 1.00 bits per heavy atom. The molecule has 0 aliphatic carbocycles. The van der Waals surface area contributed by atoms with Gasteiger partial charge >= 0.3 is 5.97 Å². The Bertz CT molecular complexity index is 775. The maximum absolute atomic E-state index is 12.3. The van der Waals surface area contributed by atoms with Gasteiger partial charge in [-0.1, -0.05) is 24.3 Å². The summed E-state index contributed by atoms with van der Waals surface area (Å²) in [6.07, 6.45) is 0. The smallest absolute Gasteiger partial charge is 0.335 e. The molecular formula is C17H13NO4. The molecule has 5 nitrogen and oxygen atoms in total. The Kier molecular flexibility index (Phi) is 3.25. The summed E-state index contributed by atoms with van der Waals surface area (Å²) >= 11 is 0. The summed E-state index contributed by atoms with van der Waals surface area (Å²) in [7, 11) is 0. The zero-order chi connectivity index (χ0) is 15.9. The maximum Gasteiger partial charge on any atom is 0.335 e. The third-order valence-corrected chi connectivity index (χ3v) is 3.88. The van der Waals surface area contributed by atoms with Crippen LogP contribution in [0.4, 0.5) is 0 Å². The molecule has 1 heterocycles. The summed E-state index contributed by atoms with van der Waals surface area (Å²) in [5.74, 6) is -1.72. The number of rotatable bonds is 3. The molecule has 0 saturated carbocycles. The van der Waals surface area contributed by atoms with Gasteiger partial charge in [0, 0.05) is 0 Å². The van der Waals surface area contributed by atoms with Crippen LogP contribution in [0.5, 0.6) is 0 Å². The van der Waals surface area contributed by atoms with Crippen LogP contribution >= 0.6 is 0 Å². The average Bonchev–Trinajstić information content (AvgIpc) is 2.74. The highest BCUT2D eigenvalue weighted by Crippen LogP contribution is 2.25. The number of aromatic carboxylic acids is 1. The second kappa shape index (κ2) is 5.11. The second-order valence-corrected chi connectivity index (χ2v) is 5.14. The van der Waals surface area contributed by atoms with Crippen LogP contribution < -0.4 is 0 Å². The lowest BCUT2D eigenvalue weighted by Gasteiger charge is -2.16. The molecule has 3 rings (SSSR count). The van der Waals surface area contributed by atoms with Crippen LogP contribution in [0.15, 0.2) is 42.5 Å². The van der Waals surface area contributed by atoms with Gasteiger partial charge in [0.1, 0.15) is 0 Å². The summed E-state index contributed by atoms with van der Waals surface area (Å²) in [6.45, 7) is 1.75. The van der Waals surface area contributed by atoms with Crippen molar-refractivity contribution in [2.24, 2.45) is 0 Å². The van der Waals surface area contributed by atoms with Crippen LogP contribution in [-0.2, 0) is 6.54 Å². The molecule has 0 atom stereocenters. The normalized spacial score (nSPS) is 13.4. The summed E-state index contributed by atoms with van der Waals surface area (Å²) < 4.78 is 0. The monoisotopic (exact) mass is 295 g/mol. The van der Waals surface area contributed by atoms with E-state index in [1.54, 1.807) is 43.3 Å². The molecule has 5 heteroatoms. The van der Waals surface area contributed by atoms with Gasteiger partial charge in [0.15, 0.2) is 0 Å². The Hall–Kier alpha value is -2.95. The van der Waals surface area contributed by atoms with E-state index in [-0.39, 0.29) is 23.9 Å². The zero-order valence-electron chi connectivity index (χ0n) is 11.9. The number of carbonyl (C=O) groups excluding carboxylic acids is 2. The summed E-state index contributed by atoms with van der Waals surface area (Å²) in [5.41, 5.74) is 2.16. The molecule has 0 saturated heterocycles. The first kappa shape index (κ1) is 14.0. The number of benzene rings is 2. The lowest BCUT2D eigenvalue weighted by Crippen LogP contribution is -2.29. The van der Waals surface area contributed by atoms with Gasteiger partial charge in [0.2, 0.25) is 0 Å². The van der Waals surface area contributed by atoms with Gasteiger partial charge < -0.3 is 5.11 Å². The fourth-order valence-electron chi connectivity index (χ4n) is 2.64. The Labute approximate surface area is 126 Å². The van der Waals surface area contributed by atoms with E-state index < -0.39 is 5.97 Å². The van der Waals surface area contributed by atoms with Crippen LogP contribution in [-0.4, -0.2) is 27.8 Å². The van der Waals surface area contributed by atoms with Crippen molar-refractivity contribution < 1.29 is 19.5 Å². The van der Waals surface area contributed by atoms with Gasteiger partial charge in [0.25, 0.3) is 11.8 Å². The quantitative estimate of drug-likeness (QED) is 0.883. The second-order valence-electron chi connectivity index (χ2n) is 5.14. The standard InChI is InChI=1S/C17H13NO4/c1-10-11(5-4-8-12(10)17(21)22)9-18-15(19)13-6-2-3-7-14(13)16(18)20/h2-8H,9H2,1H3,(H,21,22). The molecule has 2 aromatic carbocycles. The van der Waals surface area contributed by atoms with E-state index in [4.69, 9.17) is 5.11 Å². The highest BCUT2D eigenvalue weighted by atomic mass is 16.4. The molecule has 1 aliphatic heterocycles. The Balaban J connectivity index is 1.96. The number of hydrogen-bond acceptors (Lipinski definition) is 3. The molecular weight excluding hydrogens is 282 g/mol. The highest BCUT2D eigenvalue weighted by Gasteiger charge is 2.35. The van der Waals surface area contributed by atoms with Crippen molar-refractivity contribution >= 4 is 17.8 Å². The molecule has 0 aromatic heterocycles. The minimum atomic E-state index is -1.03. The van der Waals surface area contributed by atoms with Gasteiger partial charge in [-0.05, 0) is 36.2 Å². The number of amides is 2. The number of carboxylic acids is 1. The van der Waals surface area contributed by atoms with Crippen LogP contribution in [0.3, 0.4) is 0 Å². The van der Waals surface area contributed by atoms with Gasteiger partial charge in [0.05, 0.1) is 23.2 Å². The SMILES string of the molecule is Cc1c(CN2C(=O)c3ccccc3C2=O)cccc1C(=O)O. The van der Waals surface area contributed by atoms with Gasteiger partial charge in [-0.25, -0.2) is 4.79 Å². The largest absolute Gasteiger partial charge is 0.478 e. The molecule has 2 aromatic rings. The van der Waals surface area contributed by atoms with E-state index in [0.29, 0.717) is 22.3 Å². The maximum atomic E-state index is 12.3. The third kappa shape index (κ3) is 2.07. The minimum absolute atomic E-state index is 0.0688. The van der Waals surface area contributed by atoms with Gasteiger partial charge in [-0.15, -0.1) is 0 Å². The van der Waals surface area contributed by atoms with Crippen molar-refractivity contribution in [1.29, 1.82) is 0 Å². The van der Waals surface area contributed by atoms with Gasteiger partial charge in [-0.3, -0.25) is 14.5 Å². The minimum Gasteiger partial charge on any atom is -0.478 e. The molecule has 2 amide bonds. The number of carbonyl (C=O) groups is 3. The molecule has 0 bridgehead atoms. The number of fused-ring (bicyclic) bond motifs is 1. The molecule has 0 spiro atoms. The van der Waals surface area contributed by atoms with Crippen LogP contribution in [0.25, 0.3) is 0 Å². The molecule has 110 valence electrons. The van der Waals surface area contributed by atoms with Crippen molar-refractivity contribution in [3.8, 4) is 0 Å². The average molecular weight is 295 g/mol. The number of imide groups is 1. The predicted octanol–water partition coefficient (Wildman–Crippen LogP) is 2.49. The summed E-state index contributed by atoms with van der Waals surface area (Å²) in [4.78, 5) is 37.0. The third-order valence-electron chi connectivity index (χ3n) is 3.88. The number of hydrogen-bond donors (Lipinski definition) is 1. The van der Waals surface area contributed by atoms with Crippen molar-refractivity contribution in [2.45, 2.75) is 13.5 Å². The summed E-state index contributed by atoms with van der Waals surface area (Å²) in [5, 5.41) is 9.15. The predicted molar refractivity (Wildman–Crippen MR) is 78.8 cm³/mol. The van der Waals surface area contributed by atoms with Crippen LogP contribution in [0.2, 0.25) is 0 Å². The number of carboxylic acid groups (broad SMARTS) is 1. The van der Waals surface area contributed by atoms with Crippen LogP contribution in [0, 0.1) is 6.92 Å². The first-order chi connectivity index (χ1) is 10.5. The van der Waals surface area contributed by atoms with E-state index >= 15 is 0 Å². The van der Waals surface area contributed by atoms with Crippen LogP contribution in [0.1, 0.15) is 42.2 Å². The lowest BCUT2D eigenvalue weighted by molar-refractivity contribution is 0.0641. The van der Waals surface area contributed by atoms with E-state index in [1.165, 1.54) is 6.07 Å². The van der Waals surface area contributed by atoms with Crippen molar-refractivity contribution in [1.82, 2.24) is 4.90 Å². The molecule has 1 aliphatic rings. The van der Waals surface area contributed by atoms with E-state index in [9.17, 15) is 14.4 Å². The first-order valence-corrected chi connectivity index (χ1v) is 6.77. The zero-order valence-corrected chi connectivity index (χ0v) is 11.9. The van der Waals surface area contributed by atoms with Crippen molar-refractivity contribution in [2.75, 3.05) is 0 Å². The Morgan fingerprint density at radius 2 is 1.59 bits per heavy atom. The fraction of sp³-hybridized carbons (Fsp3) is 0.118. The lowest BCUT2D eigenvalue weighted by atomic mass is 10.0. The van der Waals surface area contributed by atoms with Gasteiger partial charge in [-0.2, -0.15) is 0 Å².